The Balaban J connectivity index is 1.69. The van der Waals surface area contributed by atoms with Crippen LogP contribution in [0.1, 0.15) is 18.4 Å². The maximum absolute atomic E-state index is 14.1. The molecule has 11 heteroatoms. The molecule has 2 aromatic carbocycles. The van der Waals surface area contributed by atoms with E-state index in [2.05, 4.69) is 16.8 Å². The number of hydrogen-bond acceptors (Lipinski definition) is 6. The van der Waals surface area contributed by atoms with Gasteiger partial charge in [-0.2, -0.15) is 13.2 Å². The summed E-state index contributed by atoms with van der Waals surface area (Å²) in [6.45, 7) is 4.50. The Kier molecular flexibility index (Phi) is 11.5. The Morgan fingerprint density at radius 1 is 1.20 bits per heavy atom. The van der Waals surface area contributed by atoms with Crippen molar-refractivity contribution in [2.24, 2.45) is 5.92 Å². The van der Waals surface area contributed by atoms with E-state index < -0.39 is 24.9 Å². The van der Waals surface area contributed by atoms with Crippen LogP contribution in [0.5, 0.6) is 11.5 Å². The van der Waals surface area contributed by atoms with Gasteiger partial charge in [-0.25, -0.2) is 0 Å². The molecule has 220 valence electrons. The third kappa shape index (κ3) is 9.60. The van der Waals surface area contributed by atoms with Crippen molar-refractivity contribution in [2.45, 2.75) is 37.6 Å². The van der Waals surface area contributed by atoms with Gasteiger partial charge >= 0.3 is 6.18 Å². The molecule has 0 aliphatic carbocycles. The molecule has 3 rings (SSSR count). The van der Waals surface area contributed by atoms with Gasteiger partial charge in [-0.3, -0.25) is 4.79 Å². The number of likely N-dealkylation sites (tertiary alicyclic amines) is 1. The summed E-state index contributed by atoms with van der Waals surface area (Å²) in [4.78, 5) is 16.9. The van der Waals surface area contributed by atoms with Gasteiger partial charge in [0.2, 0.25) is 5.91 Å². The van der Waals surface area contributed by atoms with Crippen molar-refractivity contribution in [2.75, 3.05) is 46.9 Å². The second-order valence-electron chi connectivity index (χ2n) is 10.0. The molecule has 2 unspecified atom stereocenters. The van der Waals surface area contributed by atoms with E-state index in [4.69, 9.17) is 21.1 Å². The monoisotopic (exact) mass is 583 g/mol. The largest absolute Gasteiger partial charge is 0.497 e. The minimum atomic E-state index is -4.81. The summed E-state index contributed by atoms with van der Waals surface area (Å²) in [6.07, 6.45) is -5.10. The van der Waals surface area contributed by atoms with Gasteiger partial charge in [0.1, 0.15) is 24.2 Å². The second kappa shape index (κ2) is 14.6. The maximum atomic E-state index is 14.1. The summed E-state index contributed by atoms with van der Waals surface area (Å²) >= 11 is 5.92. The Bertz CT molecular complexity index is 1110. The summed E-state index contributed by atoms with van der Waals surface area (Å²) in [7, 11) is 3.52. The zero-order chi connectivity index (χ0) is 29.3. The fourth-order valence-corrected chi connectivity index (χ4v) is 4.76. The maximum Gasteiger partial charge on any atom is 0.411 e. The molecule has 2 atom stereocenters. The quantitative estimate of drug-likeness (QED) is 0.361. The van der Waals surface area contributed by atoms with Gasteiger partial charge in [0.05, 0.1) is 7.11 Å². The van der Waals surface area contributed by atoms with Gasteiger partial charge in [0, 0.05) is 29.7 Å². The lowest BCUT2D eigenvalue weighted by Gasteiger charge is -2.35. The molecule has 1 amide bonds. The van der Waals surface area contributed by atoms with Crippen LogP contribution >= 0.6 is 11.6 Å². The van der Waals surface area contributed by atoms with Crippen LogP contribution in [0.4, 0.5) is 13.2 Å². The number of rotatable bonds is 13. The number of aliphatic hydroxyl groups is 1. The number of hydrogen-bond donors (Lipinski definition) is 2. The standard InChI is InChI=1S/C29H37ClF3N3O4/c1-20(19-40-25-6-4-5-23(30)17-25)34-27(29(31,32)33)26(37)18-36(28(38)22-12-14-35(2)15-13-22)16-11-21-7-9-24(39-3)10-8-21/h4-10,17,22,26-27,34,37H,1,11-16,18-19H2,2-3H3. The van der Waals surface area contributed by atoms with E-state index in [0.29, 0.717) is 35.8 Å². The average Bonchev–Trinajstić information content (AvgIpc) is 2.92. The first-order valence-corrected chi connectivity index (χ1v) is 13.5. The third-order valence-electron chi connectivity index (χ3n) is 6.92. The number of alkyl halides is 3. The molecule has 0 radical (unpaired) electrons. The van der Waals surface area contributed by atoms with E-state index in [1.165, 1.54) is 11.0 Å². The molecule has 2 N–H and O–H groups in total. The summed E-state index contributed by atoms with van der Waals surface area (Å²) in [6, 6.07) is 11.3. The lowest BCUT2D eigenvalue weighted by molar-refractivity contribution is -0.179. The lowest BCUT2D eigenvalue weighted by Crippen LogP contribution is -2.55. The number of benzene rings is 2. The minimum absolute atomic E-state index is 0.0761. The van der Waals surface area contributed by atoms with Crippen LogP contribution in [0, 0.1) is 5.92 Å². The molecule has 0 bridgehead atoms. The fraction of sp³-hybridized carbons (Fsp3) is 0.483. The molecule has 1 aliphatic heterocycles. The molecule has 7 nitrogen and oxygen atoms in total. The van der Waals surface area contributed by atoms with Crippen LogP contribution in [0.2, 0.25) is 5.02 Å². The first kappa shape index (κ1) is 31.6. The number of piperidine rings is 1. The van der Waals surface area contributed by atoms with Crippen molar-refractivity contribution >= 4 is 17.5 Å². The smallest absolute Gasteiger partial charge is 0.411 e. The molecule has 1 heterocycles. The van der Waals surface area contributed by atoms with Crippen molar-refractivity contribution in [1.82, 2.24) is 15.1 Å². The number of methoxy groups -OCH3 is 1. The summed E-state index contributed by atoms with van der Waals surface area (Å²) < 4.78 is 52.9. The van der Waals surface area contributed by atoms with E-state index in [1.54, 1.807) is 37.4 Å². The van der Waals surface area contributed by atoms with Crippen molar-refractivity contribution in [1.29, 1.82) is 0 Å². The number of nitrogens with zero attached hydrogens (tertiary/aromatic N) is 2. The van der Waals surface area contributed by atoms with Crippen LogP contribution < -0.4 is 14.8 Å². The number of amides is 1. The summed E-state index contributed by atoms with van der Waals surface area (Å²) in [5.74, 6) is 0.493. The highest BCUT2D eigenvalue weighted by Crippen LogP contribution is 2.26. The van der Waals surface area contributed by atoms with Gasteiger partial charge in [0.25, 0.3) is 0 Å². The number of halogens is 4. The van der Waals surface area contributed by atoms with Crippen molar-refractivity contribution in [3.05, 3.63) is 71.4 Å². The lowest BCUT2D eigenvalue weighted by atomic mass is 9.95. The first-order valence-electron chi connectivity index (χ1n) is 13.1. The zero-order valence-corrected chi connectivity index (χ0v) is 23.5. The second-order valence-corrected chi connectivity index (χ2v) is 10.5. The number of ether oxygens (including phenoxy) is 2. The molecular weight excluding hydrogens is 547 g/mol. The Morgan fingerprint density at radius 3 is 2.48 bits per heavy atom. The summed E-state index contributed by atoms with van der Waals surface area (Å²) in [5.41, 5.74) is 0.821. The summed E-state index contributed by atoms with van der Waals surface area (Å²) in [5, 5.41) is 13.5. The molecule has 1 saturated heterocycles. The predicted molar refractivity (Wildman–Crippen MR) is 149 cm³/mol. The Morgan fingerprint density at radius 2 is 1.88 bits per heavy atom. The number of carbonyl (C=O) groups is 1. The Labute approximate surface area is 238 Å². The van der Waals surface area contributed by atoms with Gasteiger partial charge in [-0.15, -0.1) is 0 Å². The third-order valence-corrected chi connectivity index (χ3v) is 7.16. The van der Waals surface area contributed by atoms with Crippen LogP contribution in [-0.2, 0) is 11.2 Å². The molecule has 2 aromatic rings. The van der Waals surface area contributed by atoms with E-state index in [-0.39, 0.29) is 30.7 Å². The van der Waals surface area contributed by atoms with Crippen LogP contribution in [0.15, 0.2) is 60.8 Å². The van der Waals surface area contributed by atoms with E-state index in [1.807, 2.05) is 19.2 Å². The molecular formula is C29H37ClF3N3O4. The van der Waals surface area contributed by atoms with Crippen molar-refractivity contribution < 1.29 is 32.5 Å². The van der Waals surface area contributed by atoms with Crippen LogP contribution in [-0.4, -0.2) is 86.1 Å². The highest BCUT2D eigenvalue weighted by molar-refractivity contribution is 6.30. The van der Waals surface area contributed by atoms with Gasteiger partial charge in [0.15, 0.2) is 6.04 Å². The average molecular weight is 584 g/mol. The number of aliphatic hydroxyl groups excluding tert-OH is 1. The molecule has 40 heavy (non-hydrogen) atoms. The van der Waals surface area contributed by atoms with Gasteiger partial charge < -0.3 is 29.7 Å². The molecule has 0 spiro atoms. The van der Waals surface area contributed by atoms with Gasteiger partial charge in [-0.1, -0.05) is 36.4 Å². The minimum Gasteiger partial charge on any atom is -0.497 e. The van der Waals surface area contributed by atoms with Gasteiger partial charge in [-0.05, 0) is 75.3 Å². The Hall–Kier alpha value is -2.95. The molecule has 1 fully saturated rings. The highest BCUT2D eigenvalue weighted by atomic mass is 35.5. The number of nitrogens with one attached hydrogen (secondary N) is 1. The molecule has 0 saturated carbocycles. The van der Waals surface area contributed by atoms with Crippen LogP contribution in [0.3, 0.4) is 0 Å². The number of carbonyl (C=O) groups excluding carboxylic acids is 1. The topological polar surface area (TPSA) is 74.3 Å². The van der Waals surface area contributed by atoms with E-state index >= 15 is 0 Å². The van der Waals surface area contributed by atoms with E-state index in [9.17, 15) is 23.1 Å². The normalized spacial score (nSPS) is 16.2. The highest BCUT2D eigenvalue weighted by Gasteiger charge is 2.45. The zero-order valence-electron chi connectivity index (χ0n) is 22.8. The first-order chi connectivity index (χ1) is 19.0. The van der Waals surface area contributed by atoms with Crippen LogP contribution in [0.25, 0.3) is 0 Å². The fourth-order valence-electron chi connectivity index (χ4n) is 4.58. The molecule has 0 aromatic heterocycles. The SMILES string of the molecule is C=C(COc1cccc(Cl)c1)NC(C(O)CN(CCc1ccc(OC)cc1)C(=O)C1CCN(C)CC1)C(F)(F)F. The predicted octanol–water partition coefficient (Wildman–Crippen LogP) is 4.54. The van der Waals surface area contributed by atoms with E-state index in [0.717, 1.165) is 18.7 Å². The molecule has 1 aliphatic rings. The van der Waals surface area contributed by atoms with Crippen molar-refractivity contribution in [3.8, 4) is 11.5 Å². The van der Waals surface area contributed by atoms with Crippen molar-refractivity contribution in [3.63, 3.8) is 0 Å².